The number of halogens is 8. The van der Waals surface area contributed by atoms with E-state index in [1.54, 1.807) is 35.6 Å². The van der Waals surface area contributed by atoms with Crippen molar-refractivity contribution >= 4 is 16.0 Å². The van der Waals surface area contributed by atoms with Crippen LogP contribution in [0.2, 0.25) is 0 Å². The molecule has 2 heterocycles. The second-order valence-corrected chi connectivity index (χ2v) is 11.3. The van der Waals surface area contributed by atoms with E-state index in [0.717, 1.165) is 7.11 Å². The van der Waals surface area contributed by atoms with Gasteiger partial charge in [0.15, 0.2) is 18.7 Å². The van der Waals surface area contributed by atoms with E-state index < -0.39 is 89.6 Å². The topological polar surface area (TPSA) is 137 Å². The second kappa shape index (κ2) is 14.9. The number of amides is 1. The summed E-state index contributed by atoms with van der Waals surface area (Å²) in [7, 11) is -6.22. The number of ether oxygens (including phenoxy) is 7. The lowest BCUT2D eigenvalue weighted by atomic mass is 9.97. The van der Waals surface area contributed by atoms with E-state index in [4.69, 9.17) is 28.4 Å². The molecule has 0 spiro atoms. The van der Waals surface area contributed by atoms with Crippen LogP contribution in [0.5, 0.6) is 0 Å². The lowest BCUT2D eigenvalue weighted by molar-refractivity contribution is -0.455. The van der Waals surface area contributed by atoms with E-state index >= 15 is 0 Å². The summed E-state index contributed by atoms with van der Waals surface area (Å²) >= 11 is 0. The van der Waals surface area contributed by atoms with Crippen molar-refractivity contribution in [2.75, 3.05) is 33.7 Å². The van der Waals surface area contributed by atoms with Crippen molar-refractivity contribution in [1.29, 1.82) is 0 Å². The number of nitrogens with one attached hydrogen (secondary N) is 1. The van der Waals surface area contributed by atoms with Gasteiger partial charge in [0.25, 0.3) is 0 Å². The average molecular weight is 706 g/mol. The number of alkyl halides is 8. The lowest BCUT2D eigenvalue weighted by Crippen LogP contribution is -2.65. The highest BCUT2D eigenvalue weighted by Crippen LogP contribution is 2.49. The van der Waals surface area contributed by atoms with Crippen LogP contribution in [0.3, 0.4) is 0 Å². The molecule has 0 saturated carbocycles. The molecule has 1 N–H and O–H groups in total. The van der Waals surface area contributed by atoms with Crippen LogP contribution in [0.25, 0.3) is 0 Å². The van der Waals surface area contributed by atoms with Crippen LogP contribution >= 0.6 is 0 Å². The Bertz CT molecular complexity index is 1260. The van der Waals surface area contributed by atoms with Crippen LogP contribution < -0.4 is 5.32 Å². The fourth-order valence-electron chi connectivity index (χ4n) is 4.23. The first-order valence-electron chi connectivity index (χ1n) is 13.4. The Labute approximate surface area is 257 Å². The fourth-order valence-corrected chi connectivity index (χ4v) is 5.18. The van der Waals surface area contributed by atoms with Crippen molar-refractivity contribution in [3.63, 3.8) is 0 Å². The Balaban J connectivity index is 1.91. The smallest absolute Gasteiger partial charge is 0.356 e. The summed E-state index contributed by atoms with van der Waals surface area (Å²) in [5, 5.41) is -5.08. The molecule has 0 bridgehead atoms. The molecule has 264 valence electrons. The molecule has 1 aromatic rings. The van der Waals surface area contributed by atoms with Gasteiger partial charge < -0.3 is 33.7 Å². The van der Waals surface area contributed by atoms with Crippen molar-refractivity contribution in [1.82, 2.24) is 5.32 Å². The normalized spacial score (nSPS) is 26.4. The van der Waals surface area contributed by atoms with Crippen LogP contribution in [0, 0.1) is 0 Å². The molecule has 3 rings (SSSR count). The maximum absolute atomic E-state index is 14.9. The molecule has 1 aromatic carbocycles. The molecular weight excluding hydrogens is 674 g/mol. The Kier molecular flexibility index (Phi) is 12.4. The summed E-state index contributed by atoms with van der Waals surface area (Å²) in [5.41, 5.74) is 0.441. The van der Waals surface area contributed by atoms with Gasteiger partial charge in [-0.25, -0.2) is 4.74 Å². The van der Waals surface area contributed by atoms with Gasteiger partial charge in [0.05, 0.1) is 13.0 Å². The number of carbonyl (C=O) groups excluding carboxylic acids is 1. The van der Waals surface area contributed by atoms with Gasteiger partial charge >= 0.3 is 33.5 Å². The van der Waals surface area contributed by atoms with Gasteiger partial charge in [-0.05, 0) is 13.8 Å². The van der Waals surface area contributed by atoms with Crippen LogP contribution in [-0.4, -0.2) is 102 Å². The van der Waals surface area contributed by atoms with Gasteiger partial charge in [-0.2, -0.15) is 43.5 Å². The molecule has 1 amide bonds. The van der Waals surface area contributed by atoms with Gasteiger partial charge in [0.2, 0.25) is 5.91 Å². The van der Waals surface area contributed by atoms with Gasteiger partial charge in [-0.1, -0.05) is 30.3 Å². The third-order valence-corrected chi connectivity index (χ3v) is 7.81. The highest BCUT2D eigenvalue weighted by Gasteiger charge is 2.75. The second-order valence-electron chi connectivity index (χ2n) is 9.70. The predicted molar refractivity (Wildman–Crippen MR) is 135 cm³/mol. The number of methoxy groups -OCH3 is 1. The number of fused-ring (bicyclic) bond motifs is 1. The summed E-state index contributed by atoms with van der Waals surface area (Å²) in [4.78, 5) is 11.3. The third kappa shape index (κ3) is 8.24. The molecule has 0 aliphatic carbocycles. The Hall–Kier alpha value is -2.24. The van der Waals surface area contributed by atoms with E-state index in [-0.39, 0.29) is 19.8 Å². The molecule has 2 saturated heterocycles. The van der Waals surface area contributed by atoms with Crippen molar-refractivity contribution in [3.8, 4) is 0 Å². The number of carbonyl (C=O) groups is 1. The molecule has 0 radical (unpaired) electrons. The summed E-state index contributed by atoms with van der Waals surface area (Å²) in [5.74, 6) is -7.57. The first kappa shape index (κ1) is 38.2. The van der Waals surface area contributed by atoms with Crippen molar-refractivity contribution in [2.45, 2.75) is 80.7 Å². The van der Waals surface area contributed by atoms with E-state index in [1.165, 1.54) is 13.8 Å². The number of rotatable bonds is 16. The molecule has 6 atom stereocenters. The lowest BCUT2D eigenvalue weighted by Gasteiger charge is -2.48. The molecule has 1 unspecified atom stereocenters. The zero-order valence-corrected chi connectivity index (χ0v) is 25.1. The molecular formula is C25H31F8NO11S. The Morgan fingerprint density at radius 2 is 1.63 bits per heavy atom. The fraction of sp³-hybridized carbons (Fsp3) is 0.720. The molecule has 2 aliphatic heterocycles. The molecule has 2 fully saturated rings. The van der Waals surface area contributed by atoms with E-state index in [2.05, 4.69) is 8.92 Å². The molecule has 21 heteroatoms. The predicted octanol–water partition coefficient (Wildman–Crippen LogP) is 3.52. The van der Waals surface area contributed by atoms with E-state index in [0.29, 0.717) is 5.56 Å². The quantitative estimate of drug-likeness (QED) is 0.117. The van der Waals surface area contributed by atoms with E-state index in [9.17, 15) is 48.3 Å². The largest absolute Gasteiger partial charge is 0.460 e. The minimum absolute atomic E-state index is 0.0338. The van der Waals surface area contributed by atoms with Crippen LogP contribution in [0.1, 0.15) is 32.1 Å². The maximum atomic E-state index is 14.9. The summed E-state index contributed by atoms with van der Waals surface area (Å²) in [6.07, 6.45) is -25.7. The average Bonchev–Trinajstić information content (AvgIpc) is 2.97. The zero-order chi connectivity index (χ0) is 34.6. The molecule has 46 heavy (non-hydrogen) atoms. The van der Waals surface area contributed by atoms with Gasteiger partial charge in [0, 0.05) is 25.8 Å². The molecule has 12 nitrogen and oxygen atoms in total. The van der Waals surface area contributed by atoms with Gasteiger partial charge in [-0.15, -0.1) is 0 Å². The summed E-state index contributed by atoms with van der Waals surface area (Å²) in [6, 6.07) is 8.08. The third-order valence-electron chi connectivity index (χ3n) is 6.47. The SMILES string of the molecule is CCNC(=O)CC(F)(F)C(F)(F)OC(F)(F)C(F)(F)S(=O)(=O)O[C@@H]1[C@H](OC)O[C@@H]2COC(c3ccccc3)O[C@H]2[C@@H]1OCOCC. The standard InChI is InChI=1S/C25H31F8NO11S/c1-4-34-16(35)11-22(26,27)23(28,29)45-24(30,31)25(32,33)46(36,37)44-19-18(41-13-39-5-2)17-15(42-21(19)38-3)12-40-20(43-17)14-9-7-6-8-10-14/h6-10,15,17-21H,4-5,11-13H2,1-3H3,(H,34,35)/t15-,17-,18+,19+,20?,21-/m1/s1. The van der Waals surface area contributed by atoms with Crippen LogP contribution in [0.15, 0.2) is 30.3 Å². The molecule has 0 aromatic heterocycles. The Morgan fingerprint density at radius 1 is 0.978 bits per heavy atom. The molecule has 2 aliphatic rings. The first-order chi connectivity index (χ1) is 21.3. The van der Waals surface area contributed by atoms with Crippen LogP contribution in [0.4, 0.5) is 35.1 Å². The number of hydrogen-bond donors (Lipinski definition) is 1. The van der Waals surface area contributed by atoms with Gasteiger partial charge in [0.1, 0.15) is 25.1 Å². The van der Waals surface area contributed by atoms with Crippen molar-refractivity contribution in [2.24, 2.45) is 0 Å². The summed E-state index contributed by atoms with van der Waals surface area (Å²) in [6.45, 7) is 1.52. The van der Waals surface area contributed by atoms with Crippen molar-refractivity contribution < 1.29 is 85.7 Å². The highest BCUT2D eigenvalue weighted by molar-refractivity contribution is 7.87. The number of hydrogen-bond acceptors (Lipinski definition) is 11. The Morgan fingerprint density at radius 3 is 2.22 bits per heavy atom. The van der Waals surface area contributed by atoms with Gasteiger partial charge in [-0.3, -0.25) is 8.98 Å². The highest BCUT2D eigenvalue weighted by atomic mass is 32.2. The minimum atomic E-state index is -7.11. The minimum Gasteiger partial charge on any atom is -0.356 e. The zero-order valence-electron chi connectivity index (χ0n) is 24.3. The summed E-state index contributed by atoms with van der Waals surface area (Å²) < 4.78 is 179. The monoisotopic (exact) mass is 705 g/mol. The maximum Gasteiger partial charge on any atom is 0.460 e. The van der Waals surface area contributed by atoms with Crippen molar-refractivity contribution in [3.05, 3.63) is 35.9 Å². The van der Waals surface area contributed by atoms with E-state index in [1.807, 2.05) is 0 Å². The van der Waals surface area contributed by atoms with Crippen LogP contribution in [-0.2, 0) is 52.3 Å². The first-order valence-corrected chi connectivity index (χ1v) is 14.9. The number of benzene rings is 1.